The van der Waals surface area contributed by atoms with Crippen LogP contribution < -0.4 is 16.0 Å². The highest BCUT2D eigenvalue weighted by Gasteiger charge is 2.49. The summed E-state index contributed by atoms with van der Waals surface area (Å²) in [5, 5.41) is 27.3. The zero-order valence-corrected chi connectivity index (χ0v) is 26.4. The second-order valence-corrected chi connectivity index (χ2v) is 13.9. The average molecular weight is 638 g/mol. The van der Waals surface area contributed by atoms with Crippen molar-refractivity contribution in [1.82, 2.24) is 20.0 Å². The topological polar surface area (TPSA) is 153 Å². The molecule has 7 rings (SSSR count). The number of nitrogen functional groups attached to an aromatic ring is 1. The van der Waals surface area contributed by atoms with Crippen LogP contribution in [0, 0.1) is 16.7 Å². The van der Waals surface area contributed by atoms with E-state index < -0.39 is 17.9 Å². The van der Waals surface area contributed by atoms with Crippen molar-refractivity contribution < 1.29 is 18.0 Å². The van der Waals surface area contributed by atoms with Gasteiger partial charge in [0, 0.05) is 29.6 Å². The van der Waals surface area contributed by atoms with Crippen LogP contribution in [-0.4, -0.2) is 77.7 Å². The Morgan fingerprint density at radius 2 is 1.96 bits per heavy atom. The molecule has 14 heteroatoms. The van der Waals surface area contributed by atoms with E-state index in [1.807, 2.05) is 0 Å². The number of nitrogens with one attached hydrogen (secondary N) is 2. The van der Waals surface area contributed by atoms with E-state index in [2.05, 4.69) is 35.4 Å². The van der Waals surface area contributed by atoms with Gasteiger partial charge in [-0.25, -0.2) is 18.7 Å². The highest BCUT2D eigenvalue weighted by atomic mass is 32.1. The van der Waals surface area contributed by atoms with Crippen LogP contribution >= 0.6 is 11.3 Å². The van der Waals surface area contributed by atoms with Gasteiger partial charge in [-0.1, -0.05) is 5.16 Å². The molecule has 238 valence electrons. The van der Waals surface area contributed by atoms with Crippen LogP contribution in [0.1, 0.15) is 78.3 Å². The second-order valence-electron chi connectivity index (χ2n) is 12.7. The fourth-order valence-electron chi connectivity index (χ4n) is 7.97. The molecule has 4 unspecified atom stereocenters. The third kappa shape index (κ3) is 4.65. The molecule has 3 aromatic heterocycles. The fourth-order valence-corrected chi connectivity index (χ4v) is 9.13. The zero-order chi connectivity index (χ0) is 31.6. The minimum Gasteiger partial charge on any atom is -0.475 e. The van der Waals surface area contributed by atoms with E-state index in [1.54, 1.807) is 7.05 Å². The third-order valence-electron chi connectivity index (χ3n) is 10.2. The van der Waals surface area contributed by atoms with Crippen molar-refractivity contribution in [3.05, 3.63) is 32.9 Å². The standard InChI is InChI=1S/C31H37F2N9O2S/c1-15(18-8-6-12-41(18)2)37-28-21-26(35)43-14-19(25(32)33)42(3)30(21)39-29(38-28)23-16-7-4-10-31(24(16)44-40-23)11-5-9-20-22(31)17(13-34)27(36)45-20/h15,18-19,25,35H,4-12,14,36H2,1-3H3,(H,37,38,39). The lowest BCUT2D eigenvalue weighted by Crippen LogP contribution is -2.41. The number of aryl methyl sites for hydroxylation is 1. The predicted octanol–water partition coefficient (Wildman–Crippen LogP) is 4.93. The Balaban J connectivity index is 1.38. The van der Waals surface area contributed by atoms with Gasteiger partial charge in [0.2, 0.25) is 5.90 Å². The number of fused-ring (bicyclic) bond motifs is 5. The molecule has 0 saturated carbocycles. The molecule has 4 aliphatic rings. The SMILES string of the molecule is CC(Nc1nc(-c2noc3c2CCCC32CCCc3sc(N)c(C#N)c32)nc2c1C(=N)OCC(C(F)F)N2C)C1CCCN1C. The Labute approximate surface area is 264 Å². The molecule has 1 saturated heterocycles. The first-order valence-corrected chi connectivity index (χ1v) is 16.4. The van der Waals surface area contributed by atoms with E-state index in [0.717, 1.165) is 67.5 Å². The van der Waals surface area contributed by atoms with Gasteiger partial charge in [0.25, 0.3) is 6.43 Å². The molecule has 0 bridgehead atoms. The lowest BCUT2D eigenvalue weighted by Gasteiger charge is -2.39. The minimum absolute atomic E-state index is 0.0554. The quantitative estimate of drug-likeness (QED) is 0.351. The van der Waals surface area contributed by atoms with Crippen LogP contribution in [0.15, 0.2) is 4.52 Å². The van der Waals surface area contributed by atoms with Gasteiger partial charge in [-0.3, -0.25) is 5.41 Å². The first-order chi connectivity index (χ1) is 21.6. The minimum atomic E-state index is -2.72. The first kappa shape index (κ1) is 29.9. The number of hydrogen-bond donors (Lipinski definition) is 3. The molecule has 4 atom stereocenters. The van der Waals surface area contributed by atoms with Crippen molar-refractivity contribution >= 4 is 33.9 Å². The van der Waals surface area contributed by atoms with E-state index in [9.17, 15) is 14.0 Å². The molecule has 5 heterocycles. The van der Waals surface area contributed by atoms with Crippen LogP contribution in [0.25, 0.3) is 11.5 Å². The molecule has 1 spiro atoms. The number of thiophene rings is 1. The lowest BCUT2D eigenvalue weighted by molar-refractivity contribution is 0.0861. The summed E-state index contributed by atoms with van der Waals surface area (Å²) in [7, 11) is 3.63. The van der Waals surface area contributed by atoms with E-state index in [-0.39, 0.29) is 41.8 Å². The largest absolute Gasteiger partial charge is 0.475 e. The molecule has 0 aromatic carbocycles. The number of aromatic nitrogens is 3. The summed E-state index contributed by atoms with van der Waals surface area (Å²) in [5.41, 5.74) is 8.85. The number of likely N-dealkylation sites (N-methyl/N-ethyl adjacent to an activating group) is 2. The summed E-state index contributed by atoms with van der Waals surface area (Å²) in [4.78, 5) is 14.5. The van der Waals surface area contributed by atoms with E-state index in [1.165, 1.54) is 16.2 Å². The van der Waals surface area contributed by atoms with Gasteiger partial charge in [0.15, 0.2) is 17.3 Å². The molecule has 2 aliphatic carbocycles. The summed E-state index contributed by atoms with van der Waals surface area (Å²) in [5.74, 6) is 1.22. The Morgan fingerprint density at radius 3 is 2.67 bits per heavy atom. The average Bonchev–Trinajstić information content (AvgIpc) is 3.71. The van der Waals surface area contributed by atoms with Gasteiger partial charge in [-0.05, 0) is 77.4 Å². The number of anilines is 3. The van der Waals surface area contributed by atoms with Crippen molar-refractivity contribution in [2.24, 2.45) is 0 Å². The molecule has 11 nitrogen and oxygen atoms in total. The number of ether oxygens (including phenoxy) is 1. The maximum atomic E-state index is 14.2. The summed E-state index contributed by atoms with van der Waals surface area (Å²) >= 11 is 1.48. The number of hydrogen-bond acceptors (Lipinski definition) is 12. The molecule has 3 aromatic rings. The number of nitrogens with two attached hydrogens (primary N) is 1. The predicted molar refractivity (Wildman–Crippen MR) is 167 cm³/mol. The van der Waals surface area contributed by atoms with Crippen molar-refractivity contribution in [1.29, 1.82) is 10.7 Å². The van der Waals surface area contributed by atoms with Crippen LogP contribution in [0.3, 0.4) is 0 Å². The monoisotopic (exact) mass is 637 g/mol. The van der Waals surface area contributed by atoms with Gasteiger partial charge in [0.1, 0.15) is 40.9 Å². The first-order valence-electron chi connectivity index (χ1n) is 15.6. The number of likely N-dealkylation sites (tertiary alicyclic amines) is 1. The summed E-state index contributed by atoms with van der Waals surface area (Å²) in [6.45, 7) is 2.70. The maximum Gasteiger partial charge on any atom is 0.261 e. The molecule has 0 radical (unpaired) electrons. The normalized spacial score (nSPS) is 25.4. The van der Waals surface area contributed by atoms with E-state index >= 15 is 0 Å². The molecular formula is C31H37F2N9O2S. The summed E-state index contributed by atoms with van der Waals surface area (Å²) in [6.07, 6.45) is 4.30. The van der Waals surface area contributed by atoms with Crippen LogP contribution in [0.4, 0.5) is 25.4 Å². The summed E-state index contributed by atoms with van der Waals surface area (Å²) in [6, 6.07) is 1.22. The molecule has 2 aliphatic heterocycles. The number of nitrogens with zero attached hydrogens (tertiary/aromatic N) is 6. The van der Waals surface area contributed by atoms with Crippen molar-refractivity contribution in [3.63, 3.8) is 0 Å². The number of nitriles is 1. The number of halogens is 2. The highest BCUT2D eigenvalue weighted by Crippen LogP contribution is 2.55. The van der Waals surface area contributed by atoms with Crippen LogP contribution in [0.2, 0.25) is 0 Å². The molecule has 45 heavy (non-hydrogen) atoms. The van der Waals surface area contributed by atoms with Crippen LogP contribution in [-0.2, 0) is 23.0 Å². The highest BCUT2D eigenvalue weighted by molar-refractivity contribution is 7.16. The molecule has 0 amide bonds. The Hall–Kier alpha value is -3.83. The Kier molecular flexibility index (Phi) is 7.43. The van der Waals surface area contributed by atoms with E-state index in [0.29, 0.717) is 34.3 Å². The van der Waals surface area contributed by atoms with Gasteiger partial charge < -0.3 is 30.1 Å². The molecular weight excluding hydrogens is 600 g/mol. The lowest BCUT2D eigenvalue weighted by atomic mass is 9.63. The van der Waals surface area contributed by atoms with Crippen molar-refractivity contribution in [3.8, 4) is 17.6 Å². The third-order valence-corrected chi connectivity index (χ3v) is 11.3. The maximum absolute atomic E-state index is 14.2. The Bertz CT molecular complexity index is 1700. The van der Waals surface area contributed by atoms with Crippen molar-refractivity contribution in [2.45, 2.75) is 88.3 Å². The van der Waals surface area contributed by atoms with Gasteiger partial charge >= 0.3 is 0 Å². The van der Waals surface area contributed by atoms with E-state index in [4.69, 9.17) is 30.4 Å². The number of rotatable bonds is 5. The molecule has 1 fully saturated rings. The van der Waals surface area contributed by atoms with Gasteiger partial charge in [-0.2, -0.15) is 5.26 Å². The Morgan fingerprint density at radius 1 is 1.18 bits per heavy atom. The van der Waals surface area contributed by atoms with Gasteiger partial charge in [0.05, 0.1) is 11.0 Å². The second kappa shape index (κ2) is 11.2. The fraction of sp³-hybridized carbons (Fsp3) is 0.581. The molecule has 4 N–H and O–H groups in total. The van der Waals surface area contributed by atoms with Crippen molar-refractivity contribution in [2.75, 3.05) is 43.2 Å². The zero-order valence-electron chi connectivity index (χ0n) is 25.6. The number of alkyl halides is 2. The summed E-state index contributed by atoms with van der Waals surface area (Å²) < 4.78 is 40.2. The smallest absolute Gasteiger partial charge is 0.261 e. The van der Waals surface area contributed by atoms with Gasteiger partial charge in [-0.15, -0.1) is 11.3 Å². The van der Waals surface area contributed by atoms with Crippen LogP contribution in [0.5, 0.6) is 0 Å².